The fourth-order valence-electron chi connectivity index (χ4n) is 2.30. The standard InChI is InChI=1S/C21H16BrFN2O3/c22-19-11-15(12-24-25-21(27)16-4-8-18(26)9-5-16)3-10-20(19)28-13-14-1-6-17(23)7-2-14/h1-12,26H,13H2,(H,25,27)/b24-12-. The Balaban J connectivity index is 1.57. The van der Waals surface area contributed by atoms with Gasteiger partial charge in [0, 0.05) is 5.56 Å². The number of rotatable bonds is 6. The number of phenolic OH excluding ortho intramolecular Hbond substituents is 1. The molecule has 0 aliphatic heterocycles. The molecule has 0 fully saturated rings. The molecule has 3 rings (SSSR count). The Hall–Kier alpha value is -3.19. The minimum absolute atomic E-state index is 0.0895. The van der Waals surface area contributed by atoms with Crippen LogP contribution in [0.5, 0.6) is 11.5 Å². The van der Waals surface area contributed by atoms with Crippen LogP contribution >= 0.6 is 15.9 Å². The molecule has 0 radical (unpaired) electrons. The zero-order chi connectivity index (χ0) is 19.9. The molecule has 0 atom stereocenters. The van der Waals surface area contributed by atoms with Crippen LogP contribution in [0.2, 0.25) is 0 Å². The van der Waals surface area contributed by atoms with Crippen LogP contribution < -0.4 is 10.2 Å². The molecule has 2 N–H and O–H groups in total. The third-order valence-corrected chi connectivity index (χ3v) is 4.39. The van der Waals surface area contributed by atoms with E-state index in [1.165, 1.54) is 42.6 Å². The minimum atomic E-state index is -0.380. The molecule has 5 nitrogen and oxygen atoms in total. The number of aromatic hydroxyl groups is 1. The zero-order valence-electron chi connectivity index (χ0n) is 14.6. The Morgan fingerprint density at radius 3 is 2.50 bits per heavy atom. The van der Waals surface area contributed by atoms with Crippen LogP contribution in [0, 0.1) is 5.82 Å². The number of ether oxygens (including phenoxy) is 1. The summed E-state index contributed by atoms with van der Waals surface area (Å²) < 4.78 is 19.4. The van der Waals surface area contributed by atoms with E-state index < -0.39 is 0 Å². The minimum Gasteiger partial charge on any atom is -0.508 e. The number of phenols is 1. The number of hydrogen-bond acceptors (Lipinski definition) is 4. The number of nitrogens with one attached hydrogen (secondary N) is 1. The number of hydrazone groups is 1. The number of nitrogens with zero attached hydrogens (tertiary/aromatic N) is 1. The molecular formula is C21H16BrFN2O3. The lowest BCUT2D eigenvalue weighted by atomic mass is 10.2. The van der Waals surface area contributed by atoms with Gasteiger partial charge in [0.2, 0.25) is 0 Å². The number of amides is 1. The Kier molecular flexibility index (Phi) is 6.39. The highest BCUT2D eigenvalue weighted by molar-refractivity contribution is 9.10. The molecule has 0 aromatic heterocycles. The maximum atomic E-state index is 12.9. The van der Waals surface area contributed by atoms with Crippen molar-refractivity contribution in [2.24, 2.45) is 5.10 Å². The van der Waals surface area contributed by atoms with E-state index in [0.29, 0.717) is 17.9 Å². The molecule has 0 saturated carbocycles. The van der Waals surface area contributed by atoms with Crippen LogP contribution in [0.25, 0.3) is 0 Å². The van der Waals surface area contributed by atoms with E-state index in [1.54, 1.807) is 30.3 Å². The van der Waals surface area contributed by atoms with Gasteiger partial charge in [-0.05, 0) is 81.7 Å². The van der Waals surface area contributed by atoms with Gasteiger partial charge in [0.05, 0.1) is 10.7 Å². The van der Waals surface area contributed by atoms with Crippen molar-refractivity contribution in [3.63, 3.8) is 0 Å². The molecule has 0 unspecified atom stereocenters. The fourth-order valence-corrected chi connectivity index (χ4v) is 2.81. The predicted octanol–water partition coefficient (Wildman–Crippen LogP) is 4.64. The van der Waals surface area contributed by atoms with Crippen molar-refractivity contribution in [1.29, 1.82) is 0 Å². The van der Waals surface area contributed by atoms with Crippen LogP contribution in [0.1, 0.15) is 21.5 Å². The van der Waals surface area contributed by atoms with Gasteiger partial charge in [-0.1, -0.05) is 12.1 Å². The lowest BCUT2D eigenvalue weighted by Crippen LogP contribution is -2.17. The van der Waals surface area contributed by atoms with E-state index in [-0.39, 0.29) is 17.5 Å². The molecule has 28 heavy (non-hydrogen) atoms. The summed E-state index contributed by atoms with van der Waals surface area (Å²) in [6, 6.07) is 17.4. The molecule has 0 heterocycles. The summed E-state index contributed by atoms with van der Waals surface area (Å²) in [7, 11) is 0. The first kappa shape index (κ1) is 19.6. The lowest BCUT2D eigenvalue weighted by Gasteiger charge is -2.09. The monoisotopic (exact) mass is 442 g/mol. The van der Waals surface area contributed by atoms with Crippen LogP contribution in [-0.2, 0) is 6.61 Å². The largest absolute Gasteiger partial charge is 0.508 e. The van der Waals surface area contributed by atoms with Gasteiger partial charge in [-0.15, -0.1) is 0 Å². The topological polar surface area (TPSA) is 70.9 Å². The molecule has 7 heteroatoms. The van der Waals surface area contributed by atoms with Gasteiger partial charge in [0.1, 0.15) is 23.9 Å². The third kappa shape index (κ3) is 5.40. The van der Waals surface area contributed by atoms with E-state index in [2.05, 4.69) is 26.5 Å². The quantitative estimate of drug-likeness (QED) is 0.431. The second-order valence-electron chi connectivity index (χ2n) is 5.85. The van der Waals surface area contributed by atoms with Crippen molar-refractivity contribution in [2.75, 3.05) is 0 Å². The smallest absolute Gasteiger partial charge is 0.271 e. The maximum absolute atomic E-state index is 12.9. The van der Waals surface area contributed by atoms with Gasteiger partial charge in [-0.25, -0.2) is 9.82 Å². The highest BCUT2D eigenvalue weighted by Gasteiger charge is 2.05. The summed E-state index contributed by atoms with van der Waals surface area (Å²) in [4.78, 5) is 11.9. The second-order valence-corrected chi connectivity index (χ2v) is 6.71. The number of benzene rings is 3. The lowest BCUT2D eigenvalue weighted by molar-refractivity contribution is 0.0955. The first-order valence-electron chi connectivity index (χ1n) is 8.30. The van der Waals surface area contributed by atoms with Gasteiger partial charge in [-0.3, -0.25) is 4.79 Å². The number of carbonyl (C=O) groups excluding carboxylic acids is 1. The average Bonchev–Trinajstić information content (AvgIpc) is 2.69. The Bertz CT molecular complexity index is 990. The van der Waals surface area contributed by atoms with E-state index in [9.17, 15) is 14.3 Å². The van der Waals surface area contributed by atoms with E-state index in [1.807, 2.05) is 0 Å². The molecule has 3 aromatic carbocycles. The van der Waals surface area contributed by atoms with E-state index in [0.717, 1.165) is 15.6 Å². The molecule has 0 aliphatic carbocycles. The van der Waals surface area contributed by atoms with Gasteiger partial charge in [-0.2, -0.15) is 5.10 Å². The maximum Gasteiger partial charge on any atom is 0.271 e. The first-order chi connectivity index (χ1) is 13.5. The molecular weight excluding hydrogens is 427 g/mol. The number of hydrogen-bond donors (Lipinski definition) is 2. The van der Waals surface area contributed by atoms with Crippen molar-refractivity contribution >= 4 is 28.1 Å². The molecule has 0 bridgehead atoms. The van der Waals surface area contributed by atoms with Gasteiger partial charge in [0.15, 0.2) is 0 Å². The normalized spacial score (nSPS) is 10.8. The van der Waals surface area contributed by atoms with Crippen LogP contribution in [0.3, 0.4) is 0 Å². The summed E-state index contributed by atoms with van der Waals surface area (Å²) in [5, 5.41) is 13.2. The predicted molar refractivity (Wildman–Crippen MR) is 108 cm³/mol. The summed E-state index contributed by atoms with van der Waals surface area (Å²) in [6.45, 7) is 0.314. The molecule has 0 spiro atoms. The van der Waals surface area contributed by atoms with E-state index in [4.69, 9.17) is 4.74 Å². The summed E-state index contributed by atoms with van der Waals surface area (Å²) in [6.07, 6.45) is 1.51. The van der Waals surface area contributed by atoms with Crippen molar-refractivity contribution in [1.82, 2.24) is 5.43 Å². The fraction of sp³-hybridized carbons (Fsp3) is 0.0476. The molecule has 3 aromatic rings. The summed E-state index contributed by atoms with van der Waals surface area (Å²) in [5.41, 5.74) is 4.43. The van der Waals surface area contributed by atoms with Crippen LogP contribution in [0.15, 0.2) is 76.3 Å². The Labute approximate surface area is 169 Å². The molecule has 1 amide bonds. The van der Waals surface area contributed by atoms with Gasteiger partial charge >= 0.3 is 0 Å². The zero-order valence-corrected chi connectivity index (χ0v) is 16.2. The third-order valence-electron chi connectivity index (χ3n) is 3.77. The molecule has 0 saturated heterocycles. The highest BCUT2D eigenvalue weighted by atomic mass is 79.9. The van der Waals surface area contributed by atoms with Crippen LogP contribution in [0.4, 0.5) is 4.39 Å². The number of carbonyl (C=O) groups is 1. The Morgan fingerprint density at radius 2 is 1.82 bits per heavy atom. The van der Waals surface area contributed by atoms with Crippen molar-refractivity contribution in [3.05, 3.63) is 93.7 Å². The van der Waals surface area contributed by atoms with Gasteiger partial charge in [0.25, 0.3) is 5.91 Å². The van der Waals surface area contributed by atoms with Crippen LogP contribution in [-0.4, -0.2) is 17.2 Å². The van der Waals surface area contributed by atoms with E-state index >= 15 is 0 Å². The number of halogens is 2. The summed E-state index contributed by atoms with van der Waals surface area (Å²) >= 11 is 3.44. The first-order valence-corrected chi connectivity index (χ1v) is 9.10. The molecule has 142 valence electrons. The Morgan fingerprint density at radius 1 is 1.11 bits per heavy atom. The van der Waals surface area contributed by atoms with Crippen molar-refractivity contribution < 1.29 is 19.0 Å². The van der Waals surface area contributed by atoms with Gasteiger partial charge < -0.3 is 9.84 Å². The van der Waals surface area contributed by atoms with Crippen molar-refractivity contribution in [3.8, 4) is 11.5 Å². The highest BCUT2D eigenvalue weighted by Crippen LogP contribution is 2.26. The average molecular weight is 443 g/mol. The summed E-state index contributed by atoms with van der Waals surface area (Å²) in [5.74, 6) is 0.0573. The SMILES string of the molecule is O=C(N/N=C\c1ccc(OCc2ccc(F)cc2)c(Br)c1)c1ccc(O)cc1. The second kappa shape index (κ2) is 9.14. The molecule has 0 aliphatic rings. The van der Waals surface area contributed by atoms with Crippen molar-refractivity contribution in [2.45, 2.75) is 6.61 Å².